The monoisotopic (exact) mass is 337 g/mol. The molecule has 2 fully saturated rings. The highest BCUT2D eigenvalue weighted by Gasteiger charge is 2.57. The second kappa shape index (κ2) is 5.48. The molecule has 0 aliphatic heterocycles. The molecule has 4 nitrogen and oxygen atoms in total. The fourth-order valence-electron chi connectivity index (χ4n) is 3.75. The fourth-order valence-corrected chi connectivity index (χ4v) is 4.62. The summed E-state index contributed by atoms with van der Waals surface area (Å²) < 4.78 is 1.07. The van der Waals surface area contributed by atoms with Crippen LogP contribution in [-0.2, 0) is 0 Å². The van der Waals surface area contributed by atoms with Crippen LogP contribution in [0.4, 0.5) is 0 Å². The Balaban J connectivity index is 0.00000144. The molecule has 118 valence electrons. The molecule has 0 radical (unpaired) electrons. The topological polar surface area (TPSA) is 68.0 Å². The van der Waals surface area contributed by atoms with E-state index in [9.17, 15) is 4.79 Å². The maximum atomic E-state index is 12.5. The Morgan fingerprint density at radius 3 is 2.86 bits per heavy atom. The molecule has 6 heteroatoms. The van der Waals surface area contributed by atoms with E-state index in [2.05, 4.69) is 10.3 Å². The van der Waals surface area contributed by atoms with E-state index >= 15 is 0 Å². The van der Waals surface area contributed by atoms with E-state index in [1.165, 1.54) is 6.42 Å². The van der Waals surface area contributed by atoms with E-state index in [0.717, 1.165) is 40.1 Å². The standard InChI is InChI=1S/C16H19N3OS.ClH/c1-9-18-11-4-3-10(7-12(11)21-9)15(20)19-14-8-13(17)16(14)5-2-6-16;/h3-4,7,13-14H,2,5-6,8,17H2,1H3,(H,19,20);1H. The number of thiazole rings is 1. The summed E-state index contributed by atoms with van der Waals surface area (Å²) in [5.74, 6) is 0.0196. The van der Waals surface area contributed by atoms with Crippen LogP contribution in [0.15, 0.2) is 18.2 Å². The number of hydrogen-bond acceptors (Lipinski definition) is 4. The fraction of sp³-hybridized carbons (Fsp3) is 0.500. The van der Waals surface area contributed by atoms with Crippen molar-refractivity contribution in [1.82, 2.24) is 10.3 Å². The summed E-state index contributed by atoms with van der Waals surface area (Å²) in [4.78, 5) is 16.9. The number of aryl methyl sites for hydroxylation is 1. The quantitative estimate of drug-likeness (QED) is 0.885. The van der Waals surface area contributed by atoms with Crippen molar-refractivity contribution < 1.29 is 4.79 Å². The van der Waals surface area contributed by atoms with Gasteiger partial charge < -0.3 is 11.1 Å². The highest BCUT2D eigenvalue weighted by molar-refractivity contribution is 7.18. The number of halogens is 1. The summed E-state index contributed by atoms with van der Waals surface area (Å²) in [5.41, 5.74) is 8.03. The zero-order valence-electron chi connectivity index (χ0n) is 12.5. The van der Waals surface area contributed by atoms with Gasteiger partial charge in [-0.25, -0.2) is 4.98 Å². The van der Waals surface area contributed by atoms with Crippen molar-refractivity contribution in [2.45, 2.75) is 44.7 Å². The van der Waals surface area contributed by atoms with Crippen LogP contribution in [0.5, 0.6) is 0 Å². The first-order valence-electron chi connectivity index (χ1n) is 7.52. The largest absolute Gasteiger partial charge is 0.349 e. The Bertz CT molecular complexity index is 725. The van der Waals surface area contributed by atoms with Gasteiger partial charge in [0, 0.05) is 23.1 Å². The number of nitrogens with two attached hydrogens (primary N) is 1. The molecule has 2 aliphatic carbocycles. The van der Waals surface area contributed by atoms with Crippen LogP contribution in [0.25, 0.3) is 10.2 Å². The third-order valence-corrected chi connectivity index (χ3v) is 6.20. The van der Waals surface area contributed by atoms with Crippen molar-refractivity contribution in [3.63, 3.8) is 0 Å². The normalized spacial score (nSPS) is 25.2. The number of nitrogens with one attached hydrogen (secondary N) is 1. The minimum atomic E-state index is 0. The maximum Gasteiger partial charge on any atom is 0.251 e. The minimum absolute atomic E-state index is 0. The van der Waals surface area contributed by atoms with Gasteiger partial charge in [0.1, 0.15) is 0 Å². The van der Waals surface area contributed by atoms with Crippen molar-refractivity contribution >= 4 is 39.9 Å². The molecule has 4 rings (SSSR count). The summed E-state index contributed by atoms with van der Waals surface area (Å²) >= 11 is 1.63. The van der Waals surface area contributed by atoms with E-state index in [-0.39, 0.29) is 35.8 Å². The number of fused-ring (bicyclic) bond motifs is 1. The minimum Gasteiger partial charge on any atom is -0.349 e. The van der Waals surface area contributed by atoms with E-state index in [4.69, 9.17) is 5.73 Å². The van der Waals surface area contributed by atoms with Crippen LogP contribution in [0.2, 0.25) is 0 Å². The van der Waals surface area contributed by atoms with Gasteiger partial charge in [0.2, 0.25) is 0 Å². The molecule has 2 atom stereocenters. The Hall–Kier alpha value is -1.17. The lowest BCUT2D eigenvalue weighted by molar-refractivity contribution is -0.0389. The van der Waals surface area contributed by atoms with Gasteiger partial charge in [-0.1, -0.05) is 6.42 Å². The van der Waals surface area contributed by atoms with Gasteiger partial charge >= 0.3 is 0 Å². The van der Waals surface area contributed by atoms with Gasteiger partial charge in [-0.05, 0) is 44.4 Å². The first-order chi connectivity index (χ1) is 10.1. The van der Waals surface area contributed by atoms with Gasteiger partial charge in [-0.2, -0.15) is 0 Å². The molecule has 2 unspecified atom stereocenters. The number of benzene rings is 1. The highest BCUT2D eigenvalue weighted by atomic mass is 35.5. The predicted octanol–water partition coefficient (Wildman–Crippen LogP) is 3.03. The first-order valence-corrected chi connectivity index (χ1v) is 8.34. The van der Waals surface area contributed by atoms with Gasteiger partial charge in [0.15, 0.2) is 0 Å². The summed E-state index contributed by atoms with van der Waals surface area (Å²) in [6, 6.07) is 6.26. The van der Waals surface area contributed by atoms with Crippen molar-refractivity contribution in [2.75, 3.05) is 0 Å². The molecule has 2 saturated carbocycles. The summed E-state index contributed by atoms with van der Waals surface area (Å²) in [5, 5.41) is 4.22. The van der Waals surface area contributed by atoms with Crippen molar-refractivity contribution in [3.8, 4) is 0 Å². The summed E-state index contributed by atoms with van der Waals surface area (Å²) in [7, 11) is 0. The SMILES string of the molecule is Cc1nc2ccc(C(=O)NC3CC(N)C34CCC4)cc2s1.Cl. The van der Waals surface area contributed by atoms with Crippen LogP contribution < -0.4 is 11.1 Å². The number of carbonyl (C=O) groups is 1. The van der Waals surface area contributed by atoms with E-state index < -0.39 is 0 Å². The Labute approximate surface area is 139 Å². The van der Waals surface area contributed by atoms with Crippen molar-refractivity contribution in [3.05, 3.63) is 28.8 Å². The van der Waals surface area contributed by atoms with E-state index in [0.29, 0.717) is 0 Å². The number of aromatic nitrogens is 1. The second-order valence-corrected chi connectivity index (χ2v) is 7.61. The Morgan fingerprint density at radius 2 is 2.23 bits per heavy atom. The summed E-state index contributed by atoms with van der Waals surface area (Å²) in [6.45, 7) is 1.99. The molecule has 1 aromatic carbocycles. The molecular weight excluding hydrogens is 318 g/mol. The molecule has 1 heterocycles. The predicted molar refractivity (Wildman–Crippen MR) is 91.7 cm³/mol. The van der Waals surface area contributed by atoms with Crippen molar-refractivity contribution in [1.29, 1.82) is 0 Å². The molecule has 1 spiro atoms. The van der Waals surface area contributed by atoms with Crippen molar-refractivity contribution in [2.24, 2.45) is 11.1 Å². The van der Waals surface area contributed by atoms with E-state index in [1.54, 1.807) is 11.3 Å². The smallest absolute Gasteiger partial charge is 0.251 e. The molecule has 0 saturated heterocycles. The molecular formula is C16H20ClN3OS. The van der Waals surface area contributed by atoms with Gasteiger partial charge in [-0.3, -0.25) is 4.79 Å². The lowest BCUT2D eigenvalue weighted by Gasteiger charge is -2.60. The molecule has 1 aromatic heterocycles. The molecule has 0 bridgehead atoms. The van der Waals surface area contributed by atoms with Crippen LogP contribution in [-0.4, -0.2) is 23.0 Å². The number of amides is 1. The average molecular weight is 338 g/mol. The number of rotatable bonds is 2. The van der Waals surface area contributed by atoms with Gasteiger partial charge in [0.05, 0.1) is 15.2 Å². The van der Waals surface area contributed by atoms with Crippen LogP contribution in [0, 0.1) is 12.3 Å². The van der Waals surface area contributed by atoms with Crippen LogP contribution in [0.3, 0.4) is 0 Å². The first kappa shape index (κ1) is 15.7. The number of carbonyl (C=O) groups excluding carboxylic acids is 1. The third kappa shape index (κ3) is 2.23. The maximum absolute atomic E-state index is 12.5. The Kier molecular flexibility index (Phi) is 3.91. The number of nitrogens with zero attached hydrogens (tertiary/aromatic N) is 1. The van der Waals surface area contributed by atoms with Crippen LogP contribution >= 0.6 is 23.7 Å². The molecule has 2 aliphatic rings. The van der Waals surface area contributed by atoms with Gasteiger partial charge in [0.25, 0.3) is 5.91 Å². The number of hydrogen-bond donors (Lipinski definition) is 2. The zero-order chi connectivity index (χ0) is 14.6. The molecule has 2 aromatic rings. The third-order valence-electron chi connectivity index (χ3n) is 5.27. The molecule has 22 heavy (non-hydrogen) atoms. The highest BCUT2D eigenvalue weighted by Crippen LogP contribution is 2.55. The average Bonchev–Trinajstić information content (AvgIpc) is 2.74. The Morgan fingerprint density at radius 1 is 1.45 bits per heavy atom. The van der Waals surface area contributed by atoms with E-state index in [1.807, 2.05) is 25.1 Å². The van der Waals surface area contributed by atoms with Crippen LogP contribution in [0.1, 0.15) is 41.0 Å². The summed E-state index contributed by atoms with van der Waals surface area (Å²) in [6.07, 6.45) is 4.47. The molecule has 1 amide bonds. The lowest BCUT2D eigenvalue weighted by Crippen LogP contribution is -2.69. The second-order valence-electron chi connectivity index (χ2n) is 6.37. The van der Waals surface area contributed by atoms with Gasteiger partial charge in [-0.15, -0.1) is 23.7 Å². The molecule has 3 N–H and O–H groups in total. The lowest BCUT2D eigenvalue weighted by atomic mass is 9.50. The zero-order valence-corrected chi connectivity index (χ0v) is 14.1.